The third-order valence-corrected chi connectivity index (χ3v) is 8.00. The molecule has 0 radical (unpaired) electrons. The fraction of sp³-hybridized carbons (Fsp3) is 0.231. The minimum Gasteiger partial charge on any atom is -0.491 e. The Morgan fingerprint density at radius 3 is 1.27 bits per heavy atom. The standard InChI is InChI=1S/C39H38O6/c40-22-23-41-24-27-44-33-18-14-30(15-19-33)39(37-12-6-4-10-35(37)36-11-5-7-13-38(36)39)31-16-20-34(21-17-31)45-29-26-42-25-28-43-32-8-2-1-3-9-32/h1-21,40H,22-29H2. The summed E-state index contributed by atoms with van der Waals surface area (Å²) in [5, 5.41) is 8.91. The quantitative estimate of drug-likeness (QED) is 0.122. The first-order valence-electron chi connectivity index (χ1n) is 15.4. The number of rotatable bonds is 16. The Kier molecular flexibility index (Phi) is 10.1. The number of fused-ring (bicyclic) bond motifs is 3. The number of benzene rings is 5. The molecule has 6 rings (SSSR count). The maximum atomic E-state index is 8.91. The van der Waals surface area contributed by atoms with Crippen molar-refractivity contribution < 1.29 is 28.8 Å². The highest BCUT2D eigenvalue weighted by molar-refractivity contribution is 5.86. The second-order valence-corrected chi connectivity index (χ2v) is 10.7. The molecule has 5 aromatic rings. The first kappa shape index (κ1) is 30.4. The molecule has 1 aliphatic carbocycles. The summed E-state index contributed by atoms with van der Waals surface area (Å²) < 4.78 is 28.7. The second kappa shape index (κ2) is 14.9. The Labute approximate surface area is 264 Å². The molecule has 0 saturated heterocycles. The maximum Gasteiger partial charge on any atom is 0.119 e. The molecular weight excluding hydrogens is 564 g/mol. The summed E-state index contributed by atoms with van der Waals surface area (Å²) >= 11 is 0. The number of para-hydroxylation sites is 1. The van der Waals surface area contributed by atoms with Crippen molar-refractivity contribution in [1.29, 1.82) is 0 Å². The molecule has 0 amide bonds. The molecule has 0 bridgehead atoms. The predicted molar refractivity (Wildman–Crippen MR) is 175 cm³/mol. The molecular formula is C39H38O6. The third-order valence-electron chi connectivity index (χ3n) is 8.00. The zero-order valence-electron chi connectivity index (χ0n) is 25.3. The monoisotopic (exact) mass is 602 g/mol. The van der Waals surface area contributed by atoms with Gasteiger partial charge in [0.15, 0.2) is 0 Å². The van der Waals surface area contributed by atoms with Crippen LogP contribution in [0.3, 0.4) is 0 Å². The Balaban J connectivity index is 1.18. The Hall–Kier alpha value is -4.62. The topological polar surface area (TPSA) is 66.4 Å². The smallest absolute Gasteiger partial charge is 0.119 e. The van der Waals surface area contributed by atoms with Crippen LogP contribution in [-0.4, -0.2) is 58.0 Å². The Morgan fingerprint density at radius 1 is 0.400 bits per heavy atom. The minimum absolute atomic E-state index is 0.00660. The Bertz CT molecular complexity index is 1590. The molecule has 0 atom stereocenters. The molecule has 230 valence electrons. The van der Waals surface area contributed by atoms with E-state index in [4.69, 9.17) is 28.8 Å². The molecule has 45 heavy (non-hydrogen) atoms. The minimum atomic E-state index is -0.504. The van der Waals surface area contributed by atoms with Crippen LogP contribution >= 0.6 is 0 Å². The van der Waals surface area contributed by atoms with Gasteiger partial charge in [-0.3, -0.25) is 0 Å². The molecule has 0 fully saturated rings. The fourth-order valence-corrected chi connectivity index (χ4v) is 6.07. The van der Waals surface area contributed by atoms with Gasteiger partial charge in [0, 0.05) is 0 Å². The SMILES string of the molecule is OCCOCCOc1ccc(C2(c3ccc(OCCOCCOc4ccccc4)cc3)c3ccccc3-c3ccccc32)cc1. The lowest BCUT2D eigenvalue weighted by Crippen LogP contribution is -2.28. The van der Waals surface area contributed by atoms with Crippen molar-refractivity contribution in [2.75, 3.05) is 52.9 Å². The van der Waals surface area contributed by atoms with Gasteiger partial charge in [-0.05, 0) is 69.8 Å². The molecule has 1 N–H and O–H groups in total. The van der Waals surface area contributed by atoms with Gasteiger partial charge in [-0.2, -0.15) is 0 Å². The van der Waals surface area contributed by atoms with E-state index in [0.717, 1.165) is 28.4 Å². The van der Waals surface area contributed by atoms with E-state index in [1.54, 1.807) is 0 Å². The average Bonchev–Trinajstić information content (AvgIpc) is 3.40. The van der Waals surface area contributed by atoms with Crippen molar-refractivity contribution in [2.45, 2.75) is 5.41 Å². The van der Waals surface area contributed by atoms with E-state index in [1.807, 2.05) is 54.6 Å². The van der Waals surface area contributed by atoms with Gasteiger partial charge in [-0.25, -0.2) is 0 Å². The van der Waals surface area contributed by atoms with E-state index in [9.17, 15) is 0 Å². The summed E-state index contributed by atoms with van der Waals surface area (Å²) in [5.41, 5.74) is 6.78. The first-order chi connectivity index (χ1) is 22.3. The first-order valence-corrected chi connectivity index (χ1v) is 15.4. The molecule has 6 heteroatoms. The highest BCUT2D eigenvalue weighted by atomic mass is 16.5. The van der Waals surface area contributed by atoms with Crippen molar-refractivity contribution in [3.63, 3.8) is 0 Å². The number of aliphatic hydroxyl groups excluding tert-OH is 1. The van der Waals surface area contributed by atoms with E-state index >= 15 is 0 Å². The summed E-state index contributed by atoms with van der Waals surface area (Å²) in [6.07, 6.45) is 0. The van der Waals surface area contributed by atoms with Gasteiger partial charge in [0.2, 0.25) is 0 Å². The zero-order valence-corrected chi connectivity index (χ0v) is 25.3. The molecule has 0 unspecified atom stereocenters. The summed E-state index contributed by atoms with van der Waals surface area (Å²) in [4.78, 5) is 0. The summed E-state index contributed by atoms with van der Waals surface area (Å²) in [5.74, 6) is 2.41. The van der Waals surface area contributed by atoms with Crippen LogP contribution in [0.25, 0.3) is 11.1 Å². The number of hydrogen-bond acceptors (Lipinski definition) is 6. The molecule has 5 aromatic carbocycles. The van der Waals surface area contributed by atoms with Crippen molar-refractivity contribution in [1.82, 2.24) is 0 Å². The van der Waals surface area contributed by atoms with E-state index in [-0.39, 0.29) is 6.61 Å². The molecule has 1 aliphatic rings. The van der Waals surface area contributed by atoms with Crippen LogP contribution in [0, 0.1) is 0 Å². The lowest BCUT2D eigenvalue weighted by molar-refractivity contribution is 0.0705. The van der Waals surface area contributed by atoms with Crippen molar-refractivity contribution >= 4 is 0 Å². The third kappa shape index (κ3) is 6.74. The number of hydrogen-bond donors (Lipinski definition) is 1. The van der Waals surface area contributed by atoms with Crippen LogP contribution < -0.4 is 14.2 Å². The van der Waals surface area contributed by atoms with Gasteiger partial charge < -0.3 is 28.8 Å². The fourth-order valence-electron chi connectivity index (χ4n) is 6.07. The largest absolute Gasteiger partial charge is 0.491 e. The van der Waals surface area contributed by atoms with Crippen molar-refractivity contribution in [2.24, 2.45) is 0 Å². The van der Waals surface area contributed by atoms with Crippen LogP contribution in [0.5, 0.6) is 17.2 Å². The number of aliphatic hydroxyl groups is 1. The number of ether oxygens (including phenoxy) is 5. The van der Waals surface area contributed by atoms with Crippen LogP contribution in [0.1, 0.15) is 22.3 Å². The van der Waals surface area contributed by atoms with Gasteiger partial charge in [-0.15, -0.1) is 0 Å². The molecule has 0 aromatic heterocycles. The van der Waals surface area contributed by atoms with Gasteiger partial charge in [0.1, 0.15) is 37.1 Å². The van der Waals surface area contributed by atoms with Gasteiger partial charge in [0.25, 0.3) is 0 Å². The molecule has 6 nitrogen and oxygen atoms in total. The Morgan fingerprint density at radius 2 is 0.800 bits per heavy atom. The normalized spacial score (nSPS) is 12.7. The van der Waals surface area contributed by atoms with Crippen LogP contribution in [-0.2, 0) is 14.9 Å². The van der Waals surface area contributed by atoms with E-state index < -0.39 is 5.41 Å². The molecule has 0 spiro atoms. The summed E-state index contributed by atoms with van der Waals surface area (Å²) in [6, 6.07) is 43.9. The predicted octanol–water partition coefficient (Wildman–Crippen LogP) is 6.91. The summed E-state index contributed by atoms with van der Waals surface area (Å²) in [7, 11) is 0. The molecule has 0 heterocycles. The average molecular weight is 603 g/mol. The van der Waals surface area contributed by atoms with E-state index in [0.29, 0.717) is 46.2 Å². The van der Waals surface area contributed by atoms with Crippen molar-refractivity contribution in [3.05, 3.63) is 150 Å². The van der Waals surface area contributed by atoms with Crippen LogP contribution in [0.15, 0.2) is 127 Å². The molecule has 0 saturated carbocycles. The van der Waals surface area contributed by atoms with Crippen LogP contribution in [0.2, 0.25) is 0 Å². The second-order valence-electron chi connectivity index (χ2n) is 10.7. The molecule has 0 aliphatic heterocycles. The maximum absolute atomic E-state index is 8.91. The van der Waals surface area contributed by atoms with Gasteiger partial charge in [0.05, 0.1) is 38.4 Å². The highest BCUT2D eigenvalue weighted by Gasteiger charge is 2.45. The highest BCUT2D eigenvalue weighted by Crippen LogP contribution is 2.56. The van der Waals surface area contributed by atoms with Crippen molar-refractivity contribution in [3.8, 4) is 28.4 Å². The van der Waals surface area contributed by atoms with E-state index in [2.05, 4.69) is 72.8 Å². The van der Waals surface area contributed by atoms with Gasteiger partial charge in [-0.1, -0.05) is 91.0 Å². The van der Waals surface area contributed by atoms with Crippen LogP contribution in [0.4, 0.5) is 0 Å². The zero-order chi connectivity index (χ0) is 30.7. The van der Waals surface area contributed by atoms with Gasteiger partial charge >= 0.3 is 0 Å². The lowest BCUT2D eigenvalue weighted by atomic mass is 9.68. The lowest BCUT2D eigenvalue weighted by Gasteiger charge is -2.34. The van der Waals surface area contributed by atoms with E-state index in [1.165, 1.54) is 22.3 Å². The summed E-state index contributed by atoms with van der Waals surface area (Å²) in [6.45, 7) is 3.09.